The van der Waals surface area contributed by atoms with Crippen LogP contribution in [0.4, 0.5) is 5.69 Å². The Kier molecular flexibility index (Phi) is 5.73. The molecule has 1 N–H and O–H groups in total. The fourth-order valence-corrected chi connectivity index (χ4v) is 2.50. The SMILES string of the molecule is CC(C)c1ccccc1NC(=O)CN(C)Cc1ccccc1. The molecule has 0 fully saturated rings. The summed E-state index contributed by atoms with van der Waals surface area (Å²) in [6, 6.07) is 18.2. The maximum atomic E-state index is 12.2. The molecule has 22 heavy (non-hydrogen) atoms. The van der Waals surface area contributed by atoms with Crippen LogP contribution in [0.3, 0.4) is 0 Å². The summed E-state index contributed by atoms with van der Waals surface area (Å²) >= 11 is 0. The highest BCUT2D eigenvalue weighted by molar-refractivity contribution is 5.93. The molecule has 0 bridgehead atoms. The molecule has 0 aliphatic rings. The first-order chi connectivity index (χ1) is 10.6. The van der Waals surface area contributed by atoms with Crippen molar-refractivity contribution >= 4 is 11.6 Å². The molecular weight excluding hydrogens is 272 g/mol. The van der Waals surface area contributed by atoms with Crippen LogP contribution in [0.5, 0.6) is 0 Å². The number of carbonyl (C=O) groups excluding carboxylic acids is 1. The lowest BCUT2D eigenvalue weighted by molar-refractivity contribution is -0.117. The first kappa shape index (κ1) is 16.2. The van der Waals surface area contributed by atoms with E-state index in [-0.39, 0.29) is 5.91 Å². The van der Waals surface area contributed by atoms with E-state index in [1.54, 1.807) is 0 Å². The van der Waals surface area contributed by atoms with Gasteiger partial charge in [-0.05, 0) is 30.2 Å². The highest BCUT2D eigenvalue weighted by Gasteiger charge is 2.11. The fraction of sp³-hybridized carbons (Fsp3) is 0.316. The molecule has 116 valence electrons. The van der Waals surface area contributed by atoms with E-state index < -0.39 is 0 Å². The predicted octanol–water partition coefficient (Wildman–Crippen LogP) is 3.88. The van der Waals surface area contributed by atoms with Crippen LogP contribution in [-0.4, -0.2) is 24.4 Å². The number of rotatable bonds is 6. The Morgan fingerprint density at radius 3 is 2.36 bits per heavy atom. The van der Waals surface area contributed by atoms with Gasteiger partial charge in [-0.2, -0.15) is 0 Å². The van der Waals surface area contributed by atoms with Crippen LogP contribution in [0.25, 0.3) is 0 Å². The summed E-state index contributed by atoms with van der Waals surface area (Å²) in [4.78, 5) is 14.3. The van der Waals surface area contributed by atoms with Crippen molar-refractivity contribution in [2.75, 3.05) is 18.9 Å². The monoisotopic (exact) mass is 296 g/mol. The Labute approximate surface area is 133 Å². The van der Waals surface area contributed by atoms with Gasteiger partial charge in [0.05, 0.1) is 6.54 Å². The van der Waals surface area contributed by atoms with Gasteiger partial charge in [0, 0.05) is 12.2 Å². The number of anilines is 1. The zero-order valence-corrected chi connectivity index (χ0v) is 13.5. The maximum absolute atomic E-state index is 12.2. The van der Waals surface area contributed by atoms with Gasteiger partial charge in [-0.15, -0.1) is 0 Å². The molecule has 0 spiro atoms. The molecule has 0 aliphatic carbocycles. The Hall–Kier alpha value is -2.13. The topological polar surface area (TPSA) is 32.3 Å². The Balaban J connectivity index is 1.93. The van der Waals surface area contributed by atoms with E-state index >= 15 is 0 Å². The fourth-order valence-electron chi connectivity index (χ4n) is 2.50. The van der Waals surface area contributed by atoms with Gasteiger partial charge in [-0.1, -0.05) is 62.4 Å². The van der Waals surface area contributed by atoms with E-state index in [4.69, 9.17) is 0 Å². The molecule has 3 nitrogen and oxygen atoms in total. The lowest BCUT2D eigenvalue weighted by Gasteiger charge is -2.18. The van der Waals surface area contributed by atoms with Crippen molar-refractivity contribution in [1.82, 2.24) is 4.90 Å². The van der Waals surface area contributed by atoms with Crippen molar-refractivity contribution < 1.29 is 4.79 Å². The quantitative estimate of drug-likeness (QED) is 0.877. The minimum atomic E-state index is 0.0199. The smallest absolute Gasteiger partial charge is 0.238 e. The van der Waals surface area contributed by atoms with Crippen LogP contribution in [0.2, 0.25) is 0 Å². The second-order valence-corrected chi connectivity index (χ2v) is 5.95. The summed E-state index contributed by atoms with van der Waals surface area (Å²) in [7, 11) is 1.96. The molecule has 2 aromatic carbocycles. The van der Waals surface area contributed by atoms with Crippen LogP contribution >= 0.6 is 0 Å². The minimum absolute atomic E-state index is 0.0199. The number of amides is 1. The van der Waals surface area contributed by atoms with Crippen molar-refractivity contribution in [3.8, 4) is 0 Å². The Bertz CT molecular complexity index is 608. The summed E-state index contributed by atoms with van der Waals surface area (Å²) in [6.45, 7) is 5.40. The molecule has 2 rings (SSSR count). The van der Waals surface area contributed by atoms with Crippen LogP contribution < -0.4 is 5.32 Å². The van der Waals surface area contributed by atoms with Gasteiger partial charge >= 0.3 is 0 Å². The predicted molar refractivity (Wildman–Crippen MR) is 91.9 cm³/mol. The number of likely N-dealkylation sites (N-methyl/N-ethyl adjacent to an activating group) is 1. The van der Waals surface area contributed by atoms with Gasteiger partial charge < -0.3 is 5.32 Å². The van der Waals surface area contributed by atoms with E-state index in [1.807, 2.05) is 48.3 Å². The standard InChI is InChI=1S/C19H24N2O/c1-15(2)17-11-7-8-12-18(17)20-19(22)14-21(3)13-16-9-5-4-6-10-16/h4-12,15H,13-14H2,1-3H3,(H,20,22). The zero-order valence-electron chi connectivity index (χ0n) is 13.5. The molecule has 0 atom stereocenters. The van der Waals surface area contributed by atoms with Gasteiger partial charge in [-0.3, -0.25) is 9.69 Å². The van der Waals surface area contributed by atoms with Crippen molar-refractivity contribution in [2.24, 2.45) is 0 Å². The van der Waals surface area contributed by atoms with Crippen molar-refractivity contribution in [1.29, 1.82) is 0 Å². The minimum Gasteiger partial charge on any atom is -0.325 e. The van der Waals surface area contributed by atoms with E-state index in [0.717, 1.165) is 12.2 Å². The van der Waals surface area contributed by atoms with Gasteiger partial charge in [0.1, 0.15) is 0 Å². The largest absolute Gasteiger partial charge is 0.325 e. The molecule has 0 saturated heterocycles. The normalized spacial score (nSPS) is 11.0. The number of nitrogens with zero attached hydrogens (tertiary/aromatic N) is 1. The van der Waals surface area contributed by atoms with Gasteiger partial charge in [0.25, 0.3) is 0 Å². The average Bonchev–Trinajstić information content (AvgIpc) is 2.48. The second-order valence-electron chi connectivity index (χ2n) is 5.95. The molecule has 0 aromatic heterocycles. The first-order valence-electron chi connectivity index (χ1n) is 7.67. The highest BCUT2D eigenvalue weighted by Crippen LogP contribution is 2.23. The number of nitrogens with one attached hydrogen (secondary N) is 1. The summed E-state index contributed by atoms with van der Waals surface area (Å²) in [5.41, 5.74) is 3.29. The van der Waals surface area contributed by atoms with E-state index in [2.05, 4.69) is 37.4 Å². The van der Waals surface area contributed by atoms with Crippen LogP contribution in [0.15, 0.2) is 54.6 Å². The molecule has 3 heteroatoms. The molecule has 1 amide bonds. The van der Waals surface area contributed by atoms with E-state index in [1.165, 1.54) is 11.1 Å². The van der Waals surface area contributed by atoms with Crippen molar-refractivity contribution in [3.63, 3.8) is 0 Å². The van der Waals surface area contributed by atoms with E-state index in [9.17, 15) is 4.79 Å². The van der Waals surface area contributed by atoms with Crippen LogP contribution in [-0.2, 0) is 11.3 Å². The molecule has 0 saturated carbocycles. The Morgan fingerprint density at radius 1 is 1.05 bits per heavy atom. The maximum Gasteiger partial charge on any atom is 0.238 e. The average molecular weight is 296 g/mol. The molecule has 0 heterocycles. The lowest BCUT2D eigenvalue weighted by Crippen LogP contribution is -2.30. The molecule has 0 radical (unpaired) electrons. The molecule has 2 aromatic rings. The van der Waals surface area contributed by atoms with Gasteiger partial charge in [0.15, 0.2) is 0 Å². The summed E-state index contributed by atoms with van der Waals surface area (Å²) in [6.07, 6.45) is 0. The van der Waals surface area contributed by atoms with Crippen molar-refractivity contribution in [3.05, 3.63) is 65.7 Å². The number of para-hydroxylation sites is 1. The lowest BCUT2D eigenvalue weighted by atomic mass is 10.0. The summed E-state index contributed by atoms with van der Waals surface area (Å²) < 4.78 is 0. The van der Waals surface area contributed by atoms with Gasteiger partial charge in [0.2, 0.25) is 5.91 Å². The number of hydrogen-bond donors (Lipinski definition) is 1. The Morgan fingerprint density at radius 2 is 1.68 bits per heavy atom. The number of benzene rings is 2. The highest BCUT2D eigenvalue weighted by atomic mass is 16.2. The molecule has 0 aliphatic heterocycles. The first-order valence-corrected chi connectivity index (χ1v) is 7.67. The number of carbonyl (C=O) groups is 1. The van der Waals surface area contributed by atoms with Gasteiger partial charge in [-0.25, -0.2) is 0 Å². The third-order valence-corrected chi connectivity index (χ3v) is 3.57. The van der Waals surface area contributed by atoms with Crippen molar-refractivity contribution in [2.45, 2.75) is 26.3 Å². The van der Waals surface area contributed by atoms with Crippen LogP contribution in [0, 0.1) is 0 Å². The van der Waals surface area contributed by atoms with Crippen LogP contribution in [0.1, 0.15) is 30.9 Å². The number of hydrogen-bond acceptors (Lipinski definition) is 2. The third kappa shape index (κ3) is 4.71. The molecule has 0 unspecified atom stereocenters. The third-order valence-electron chi connectivity index (χ3n) is 3.57. The zero-order chi connectivity index (χ0) is 15.9. The van der Waals surface area contributed by atoms with E-state index in [0.29, 0.717) is 12.5 Å². The second kappa shape index (κ2) is 7.76. The molecular formula is C19H24N2O. The summed E-state index contributed by atoms with van der Waals surface area (Å²) in [5.74, 6) is 0.407. The summed E-state index contributed by atoms with van der Waals surface area (Å²) in [5, 5.41) is 3.03.